The van der Waals surface area contributed by atoms with Gasteiger partial charge in [0.25, 0.3) is 0 Å². The fourth-order valence-electron chi connectivity index (χ4n) is 1.38. The maximum absolute atomic E-state index is 11.9. The summed E-state index contributed by atoms with van der Waals surface area (Å²) in [5, 5.41) is 0. The van der Waals surface area contributed by atoms with E-state index < -0.39 is 0 Å². The molecule has 1 heterocycles. The molecule has 0 amide bonds. The van der Waals surface area contributed by atoms with E-state index in [1.807, 2.05) is 6.92 Å². The lowest BCUT2D eigenvalue weighted by Gasteiger charge is -2.09. The Hall–Kier alpha value is -0.700. The van der Waals surface area contributed by atoms with Crippen LogP contribution in [0.25, 0.3) is 0 Å². The number of carbonyl (C=O) groups is 1. The number of hydrogen-bond acceptors (Lipinski definition) is 3. The van der Waals surface area contributed by atoms with Crippen molar-refractivity contribution in [2.75, 3.05) is 0 Å². The molecule has 0 atom stereocenters. The molecule has 2 nitrogen and oxygen atoms in total. The lowest BCUT2D eigenvalue weighted by atomic mass is 9.97. The van der Waals surface area contributed by atoms with Gasteiger partial charge < -0.3 is 0 Å². The zero-order chi connectivity index (χ0) is 9.84. The van der Waals surface area contributed by atoms with E-state index in [9.17, 15) is 4.79 Å². The zero-order valence-electron chi connectivity index (χ0n) is 8.33. The fraction of sp³-hybridized carbons (Fsp3) is 0.600. The predicted octanol–water partition coefficient (Wildman–Crippen LogP) is 3.07. The smallest absolute Gasteiger partial charge is 0.177 e. The molecule has 0 unspecified atom stereocenters. The number of hydrogen-bond donors (Lipinski definition) is 0. The molecule has 0 aromatic carbocycles. The summed E-state index contributed by atoms with van der Waals surface area (Å²) in [6.45, 7) is 6.01. The molecule has 0 bridgehead atoms. The molecule has 0 aliphatic rings. The van der Waals surface area contributed by atoms with Gasteiger partial charge in [-0.2, -0.15) is 0 Å². The third kappa shape index (κ3) is 2.15. The van der Waals surface area contributed by atoms with Crippen LogP contribution in [0.5, 0.6) is 0 Å². The summed E-state index contributed by atoms with van der Waals surface area (Å²) in [7, 11) is 0. The van der Waals surface area contributed by atoms with Crippen LogP contribution in [0, 0.1) is 12.8 Å². The first-order chi connectivity index (χ1) is 6.20. The molecule has 0 saturated carbocycles. The van der Waals surface area contributed by atoms with Crippen molar-refractivity contribution in [2.24, 2.45) is 5.92 Å². The first-order valence-corrected chi connectivity index (χ1v) is 5.52. The van der Waals surface area contributed by atoms with Crippen LogP contribution in [0.3, 0.4) is 0 Å². The third-order valence-electron chi connectivity index (χ3n) is 2.33. The Morgan fingerprint density at radius 2 is 2.15 bits per heavy atom. The van der Waals surface area contributed by atoms with E-state index in [0.717, 1.165) is 23.4 Å². The van der Waals surface area contributed by atoms with Crippen molar-refractivity contribution in [3.63, 3.8) is 0 Å². The Bertz CT molecular complexity index is 289. The summed E-state index contributed by atoms with van der Waals surface area (Å²) in [6.07, 6.45) is 1.85. The van der Waals surface area contributed by atoms with Crippen molar-refractivity contribution < 1.29 is 4.79 Å². The third-order valence-corrected chi connectivity index (χ3v) is 3.27. The topological polar surface area (TPSA) is 30.0 Å². The monoisotopic (exact) mass is 197 g/mol. The van der Waals surface area contributed by atoms with E-state index in [-0.39, 0.29) is 11.7 Å². The minimum atomic E-state index is 0.180. The molecule has 0 radical (unpaired) electrons. The number of ketones is 1. The molecule has 0 N–H and O–H groups in total. The highest BCUT2D eigenvalue weighted by atomic mass is 32.1. The molecule has 1 aromatic rings. The van der Waals surface area contributed by atoms with Gasteiger partial charge in [-0.25, -0.2) is 4.98 Å². The number of rotatable bonds is 4. The second kappa shape index (κ2) is 4.51. The minimum Gasteiger partial charge on any atom is -0.293 e. The molecule has 0 fully saturated rings. The van der Waals surface area contributed by atoms with Crippen LogP contribution in [0.2, 0.25) is 0 Å². The van der Waals surface area contributed by atoms with E-state index in [0.29, 0.717) is 0 Å². The second-order valence-corrected chi connectivity index (χ2v) is 4.00. The predicted molar refractivity (Wildman–Crippen MR) is 55.3 cm³/mol. The molecule has 0 spiro atoms. The van der Waals surface area contributed by atoms with Gasteiger partial charge >= 0.3 is 0 Å². The highest BCUT2D eigenvalue weighted by molar-refractivity contribution is 7.11. The SMILES string of the molecule is CCC(CC)C(=O)c1scnc1C. The zero-order valence-corrected chi connectivity index (χ0v) is 9.15. The van der Waals surface area contributed by atoms with Crippen molar-refractivity contribution >= 4 is 17.1 Å². The maximum atomic E-state index is 11.9. The molecule has 1 aromatic heterocycles. The molecule has 3 heteroatoms. The van der Waals surface area contributed by atoms with Crippen LogP contribution in [0.1, 0.15) is 42.1 Å². The molecule has 72 valence electrons. The molecule has 1 rings (SSSR count). The summed E-state index contributed by atoms with van der Waals surface area (Å²) in [4.78, 5) is 16.8. The molecular weight excluding hydrogens is 182 g/mol. The van der Waals surface area contributed by atoms with Crippen molar-refractivity contribution in [1.82, 2.24) is 4.98 Å². The van der Waals surface area contributed by atoms with Crippen LogP contribution in [-0.2, 0) is 0 Å². The van der Waals surface area contributed by atoms with Crippen LogP contribution >= 0.6 is 11.3 Å². The van der Waals surface area contributed by atoms with Gasteiger partial charge in [0.15, 0.2) is 5.78 Å². The Morgan fingerprint density at radius 1 is 1.54 bits per heavy atom. The first kappa shape index (κ1) is 10.4. The Balaban J connectivity index is 2.84. The highest BCUT2D eigenvalue weighted by Crippen LogP contribution is 2.21. The molecular formula is C10H15NOS. The van der Waals surface area contributed by atoms with Gasteiger partial charge in [-0.1, -0.05) is 13.8 Å². The van der Waals surface area contributed by atoms with Crippen LogP contribution < -0.4 is 0 Å². The number of thiazole rings is 1. The van der Waals surface area contributed by atoms with Gasteiger partial charge in [0.2, 0.25) is 0 Å². The molecule has 0 saturated heterocycles. The number of aromatic nitrogens is 1. The van der Waals surface area contributed by atoms with Gasteiger partial charge in [-0.3, -0.25) is 4.79 Å². The summed E-state index contributed by atoms with van der Waals surface area (Å²) in [5.74, 6) is 0.448. The van der Waals surface area contributed by atoms with Gasteiger partial charge in [0, 0.05) is 5.92 Å². The Morgan fingerprint density at radius 3 is 2.54 bits per heavy atom. The average Bonchev–Trinajstić information content (AvgIpc) is 2.53. The van der Waals surface area contributed by atoms with Crippen LogP contribution in [0.15, 0.2) is 5.51 Å². The number of carbonyl (C=O) groups excluding carboxylic acids is 1. The van der Waals surface area contributed by atoms with Gasteiger partial charge in [0.1, 0.15) is 0 Å². The van der Waals surface area contributed by atoms with E-state index >= 15 is 0 Å². The van der Waals surface area contributed by atoms with Gasteiger partial charge in [0.05, 0.1) is 16.1 Å². The standard InChI is InChI=1S/C10H15NOS/c1-4-8(5-2)9(12)10-7(3)11-6-13-10/h6,8H,4-5H2,1-3H3. The van der Waals surface area contributed by atoms with Gasteiger partial charge in [-0.15, -0.1) is 11.3 Å². The second-order valence-electron chi connectivity index (χ2n) is 3.14. The van der Waals surface area contributed by atoms with E-state index in [1.165, 1.54) is 11.3 Å². The van der Waals surface area contributed by atoms with Crippen LogP contribution in [-0.4, -0.2) is 10.8 Å². The fourth-order valence-corrected chi connectivity index (χ4v) is 2.21. The molecule has 13 heavy (non-hydrogen) atoms. The lowest BCUT2D eigenvalue weighted by molar-refractivity contribution is 0.0917. The Kier molecular flexibility index (Phi) is 3.60. The maximum Gasteiger partial charge on any atom is 0.177 e. The van der Waals surface area contributed by atoms with Crippen molar-refractivity contribution in [2.45, 2.75) is 33.6 Å². The number of nitrogens with zero attached hydrogens (tertiary/aromatic N) is 1. The molecule has 0 aliphatic carbocycles. The summed E-state index contributed by atoms with van der Waals surface area (Å²) >= 11 is 1.46. The molecule has 0 aliphatic heterocycles. The Labute approximate surface area is 83.0 Å². The number of Topliss-reactive ketones (excluding diaryl/α,β-unsaturated/α-hetero) is 1. The quantitative estimate of drug-likeness (QED) is 0.694. The van der Waals surface area contributed by atoms with E-state index in [4.69, 9.17) is 0 Å². The lowest BCUT2D eigenvalue weighted by Crippen LogP contribution is -2.12. The first-order valence-electron chi connectivity index (χ1n) is 4.65. The summed E-state index contributed by atoms with van der Waals surface area (Å²) in [6, 6.07) is 0. The van der Waals surface area contributed by atoms with Crippen molar-refractivity contribution in [3.05, 3.63) is 16.1 Å². The van der Waals surface area contributed by atoms with Gasteiger partial charge in [-0.05, 0) is 19.8 Å². The van der Waals surface area contributed by atoms with Crippen molar-refractivity contribution in [1.29, 1.82) is 0 Å². The highest BCUT2D eigenvalue weighted by Gasteiger charge is 2.19. The van der Waals surface area contributed by atoms with E-state index in [2.05, 4.69) is 18.8 Å². The normalized spacial score (nSPS) is 10.8. The van der Waals surface area contributed by atoms with E-state index in [1.54, 1.807) is 5.51 Å². The average molecular weight is 197 g/mol. The minimum absolute atomic E-state index is 0.180. The number of aryl methyl sites for hydroxylation is 1. The van der Waals surface area contributed by atoms with Crippen LogP contribution in [0.4, 0.5) is 0 Å². The summed E-state index contributed by atoms with van der Waals surface area (Å²) in [5.41, 5.74) is 2.62. The van der Waals surface area contributed by atoms with Crippen molar-refractivity contribution in [3.8, 4) is 0 Å². The largest absolute Gasteiger partial charge is 0.293 e. The summed E-state index contributed by atoms with van der Waals surface area (Å²) < 4.78 is 0.